The molecule has 28 heavy (non-hydrogen) atoms. The Morgan fingerprint density at radius 2 is 2.00 bits per heavy atom. The molecule has 1 N–H and O–H groups in total. The molecule has 0 aliphatic heterocycles. The van der Waals surface area contributed by atoms with Crippen molar-refractivity contribution >= 4 is 28.6 Å². The van der Waals surface area contributed by atoms with Gasteiger partial charge in [-0.15, -0.1) is 0 Å². The van der Waals surface area contributed by atoms with Gasteiger partial charge in [0.05, 0.1) is 17.1 Å². The highest BCUT2D eigenvalue weighted by Gasteiger charge is 2.24. The van der Waals surface area contributed by atoms with Gasteiger partial charge in [0, 0.05) is 5.56 Å². The minimum Gasteiger partial charge on any atom is -0.491 e. The maximum absolute atomic E-state index is 12.9. The van der Waals surface area contributed by atoms with Gasteiger partial charge >= 0.3 is 5.97 Å². The number of rotatable bonds is 4. The van der Waals surface area contributed by atoms with Gasteiger partial charge in [-0.2, -0.15) is 0 Å². The van der Waals surface area contributed by atoms with Crippen LogP contribution in [0, 0.1) is 0 Å². The van der Waals surface area contributed by atoms with Crippen molar-refractivity contribution in [2.75, 3.05) is 0 Å². The minimum atomic E-state index is -1.06. The SMILES string of the molecule is CC(C)Oc1cccc(/C=C2/CCc3c2oc2ccc(C(=O)O)cc2c3=O)c1. The molecule has 0 spiro atoms. The van der Waals surface area contributed by atoms with Crippen LogP contribution in [-0.4, -0.2) is 17.2 Å². The van der Waals surface area contributed by atoms with Crippen molar-refractivity contribution in [1.82, 2.24) is 0 Å². The fraction of sp³-hybridized carbons (Fsp3) is 0.217. The van der Waals surface area contributed by atoms with Crippen molar-refractivity contribution in [3.05, 3.63) is 75.1 Å². The number of aromatic carboxylic acids is 1. The van der Waals surface area contributed by atoms with E-state index in [0.29, 0.717) is 35.1 Å². The summed E-state index contributed by atoms with van der Waals surface area (Å²) in [4.78, 5) is 24.1. The molecule has 1 aliphatic rings. The number of carboxylic acid groups (broad SMARTS) is 1. The Labute approximate surface area is 161 Å². The van der Waals surface area contributed by atoms with Gasteiger partial charge in [-0.1, -0.05) is 12.1 Å². The summed E-state index contributed by atoms with van der Waals surface area (Å²) < 4.78 is 11.8. The summed E-state index contributed by atoms with van der Waals surface area (Å²) in [5.41, 5.74) is 2.87. The number of allylic oxidation sites excluding steroid dienone is 1. The molecule has 5 nitrogen and oxygen atoms in total. The zero-order valence-corrected chi connectivity index (χ0v) is 15.7. The van der Waals surface area contributed by atoms with E-state index >= 15 is 0 Å². The zero-order valence-electron chi connectivity index (χ0n) is 15.7. The topological polar surface area (TPSA) is 76.7 Å². The first-order valence-electron chi connectivity index (χ1n) is 9.23. The van der Waals surface area contributed by atoms with Crippen LogP contribution in [0.15, 0.2) is 51.7 Å². The van der Waals surface area contributed by atoms with E-state index < -0.39 is 5.97 Å². The third-order valence-electron chi connectivity index (χ3n) is 4.74. The third kappa shape index (κ3) is 3.31. The number of hydrogen-bond donors (Lipinski definition) is 1. The predicted molar refractivity (Wildman–Crippen MR) is 108 cm³/mol. The number of hydrogen-bond acceptors (Lipinski definition) is 4. The molecule has 0 saturated carbocycles. The van der Waals surface area contributed by atoms with E-state index in [-0.39, 0.29) is 17.1 Å². The summed E-state index contributed by atoms with van der Waals surface area (Å²) in [6.07, 6.45) is 3.39. The summed E-state index contributed by atoms with van der Waals surface area (Å²) >= 11 is 0. The Morgan fingerprint density at radius 3 is 2.75 bits per heavy atom. The van der Waals surface area contributed by atoms with Gasteiger partial charge in [-0.3, -0.25) is 4.79 Å². The van der Waals surface area contributed by atoms with Crippen molar-refractivity contribution in [3.8, 4) is 5.75 Å². The van der Waals surface area contributed by atoms with E-state index in [4.69, 9.17) is 14.3 Å². The van der Waals surface area contributed by atoms with Crippen LogP contribution < -0.4 is 10.2 Å². The Bertz CT molecular complexity index is 1170. The van der Waals surface area contributed by atoms with Gasteiger partial charge in [0.25, 0.3) is 0 Å². The third-order valence-corrected chi connectivity index (χ3v) is 4.74. The number of benzene rings is 2. The monoisotopic (exact) mass is 376 g/mol. The highest BCUT2D eigenvalue weighted by Crippen LogP contribution is 2.34. The second kappa shape index (κ2) is 7.00. The summed E-state index contributed by atoms with van der Waals surface area (Å²) in [7, 11) is 0. The molecule has 5 heteroatoms. The van der Waals surface area contributed by atoms with Gasteiger partial charge in [0.2, 0.25) is 0 Å². The largest absolute Gasteiger partial charge is 0.491 e. The fourth-order valence-electron chi connectivity index (χ4n) is 3.52. The van der Waals surface area contributed by atoms with Gasteiger partial charge in [-0.25, -0.2) is 4.79 Å². The standard InChI is InChI=1S/C23H20O5/c1-13(2)27-17-5-3-4-14(11-17)10-15-6-8-18-21(24)19-12-16(23(25)26)7-9-20(19)28-22(15)18/h3-5,7,9-13H,6,8H2,1-2H3,(H,25,26)/b15-10-. The molecule has 0 bridgehead atoms. The molecule has 3 aromatic rings. The van der Waals surface area contributed by atoms with Gasteiger partial charge in [-0.05, 0) is 74.2 Å². The molecule has 4 rings (SSSR count). The van der Waals surface area contributed by atoms with Crippen LogP contribution in [-0.2, 0) is 6.42 Å². The van der Waals surface area contributed by atoms with E-state index in [0.717, 1.165) is 16.9 Å². The molecule has 0 fully saturated rings. The van der Waals surface area contributed by atoms with Crippen molar-refractivity contribution in [2.24, 2.45) is 0 Å². The van der Waals surface area contributed by atoms with Crippen molar-refractivity contribution in [1.29, 1.82) is 0 Å². The Balaban J connectivity index is 1.78. The first kappa shape index (κ1) is 18.0. The van der Waals surface area contributed by atoms with Crippen LogP contribution in [0.5, 0.6) is 5.75 Å². The Hall–Kier alpha value is -3.34. The van der Waals surface area contributed by atoms with Crippen molar-refractivity contribution < 1.29 is 19.1 Å². The molecule has 2 aromatic carbocycles. The molecule has 1 aliphatic carbocycles. The van der Waals surface area contributed by atoms with Crippen LogP contribution in [0.25, 0.3) is 22.6 Å². The van der Waals surface area contributed by atoms with Gasteiger partial charge < -0.3 is 14.3 Å². The first-order chi connectivity index (χ1) is 13.4. The van der Waals surface area contributed by atoms with Gasteiger partial charge in [0.1, 0.15) is 17.1 Å². The number of carboxylic acids is 1. The highest BCUT2D eigenvalue weighted by atomic mass is 16.5. The second-order valence-electron chi connectivity index (χ2n) is 7.16. The molecule has 0 unspecified atom stereocenters. The summed E-state index contributed by atoms with van der Waals surface area (Å²) in [5.74, 6) is 0.324. The fourth-order valence-corrected chi connectivity index (χ4v) is 3.52. The van der Waals surface area contributed by atoms with Crippen molar-refractivity contribution in [2.45, 2.75) is 32.8 Å². The number of fused-ring (bicyclic) bond motifs is 2. The normalized spacial score (nSPS) is 14.6. The molecule has 0 saturated heterocycles. The molecule has 1 heterocycles. The first-order valence-corrected chi connectivity index (χ1v) is 9.23. The lowest BCUT2D eigenvalue weighted by Crippen LogP contribution is -2.09. The average molecular weight is 376 g/mol. The molecular weight excluding hydrogens is 356 g/mol. The van der Waals surface area contributed by atoms with Crippen LogP contribution in [0.3, 0.4) is 0 Å². The molecule has 0 amide bonds. The van der Waals surface area contributed by atoms with Crippen LogP contribution in [0.4, 0.5) is 0 Å². The minimum absolute atomic E-state index is 0.0791. The smallest absolute Gasteiger partial charge is 0.335 e. The maximum Gasteiger partial charge on any atom is 0.335 e. The molecule has 0 atom stereocenters. The Kier molecular flexibility index (Phi) is 4.51. The molecule has 0 radical (unpaired) electrons. The lowest BCUT2D eigenvalue weighted by molar-refractivity contribution is 0.0697. The molecular formula is C23H20O5. The lowest BCUT2D eigenvalue weighted by Gasteiger charge is -2.10. The predicted octanol–water partition coefficient (Wildman–Crippen LogP) is 4.77. The van der Waals surface area contributed by atoms with E-state index in [2.05, 4.69) is 0 Å². The summed E-state index contributed by atoms with van der Waals surface area (Å²) in [6, 6.07) is 12.2. The van der Waals surface area contributed by atoms with Crippen molar-refractivity contribution in [3.63, 3.8) is 0 Å². The maximum atomic E-state index is 12.9. The van der Waals surface area contributed by atoms with Crippen LogP contribution >= 0.6 is 0 Å². The number of carbonyl (C=O) groups is 1. The zero-order chi connectivity index (χ0) is 19.8. The summed E-state index contributed by atoms with van der Waals surface area (Å²) in [5, 5.41) is 9.47. The number of ether oxygens (including phenoxy) is 1. The second-order valence-corrected chi connectivity index (χ2v) is 7.16. The van der Waals surface area contributed by atoms with E-state index in [9.17, 15) is 9.59 Å². The van der Waals surface area contributed by atoms with Crippen LogP contribution in [0.2, 0.25) is 0 Å². The molecule has 142 valence electrons. The quantitative estimate of drug-likeness (QED) is 0.710. The highest BCUT2D eigenvalue weighted by molar-refractivity contribution is 5.94. The molecule has 1 aromatic heterocycles. The van der Waals surface area contributed by atoms with E-state index in [1.807, 2.05) is 44.2 Å². The Morgan fingerprint density at radius 1 is 1.18 bits per heavy atom. The average Bonchev–Trinajstić information content (AvgIpc) is 3.04. The van der Waals surface area contributed by atoms with Crippen LogP contribution in [0.1, 0.15) is 47.5 Å². The van der Waals surface area contributed by atoms with E-state index in [1.165, 1.54) is 12.1 Å². The van der Waals surface area contributed by atoms with E-state index in [1.54, 1.807) is 6.07 Å². The lowest BCUT2D eigenvalue weighted by atomic mass is 10.1. The summed E-state index contributed by atoms with van der Waals surface area (Å²) in [6.45, 7) is 3.96. The van der Waals surface area contributed by atoms with Gasteiger partial charge in [0.15, 0.2) is 5.43 Å².